The molecule has 78 valence electrons. The summed E-state index contributed by atoms with van der Waals surface area (Å²) in [5.74, 6) is 1.96. The van der Waals surface area contributed by atoms with Crippen molar-refractivity contribution in [3.8, 4) is 5.75 Å². The molecule has 0 aliphatic carbocycles. The molecular weight excluding hydrogens is 198 g/mol. The second-order valence-corrected chi connectivity index (χ2v) is 3.91. The van der Waals surface area contributed by atoms with Gasteiger partial charge in [-0.3, -0.25) is 4.98 Å². The molecule has 0 radical (unpaired) electrons. The summed E-state index contributed by atoms with van der Waals surface area (Å²) in [5.41, 5.74) is 0.855. The Morgan fingerprint density at radius 2 is 2.29 bits per heavy atom. The Morgan fingerprint density at radius 1 is 1.50 bits per heavy atom. The average molecular weight is 214 g/mol. The molecule has 0 N–H and O–H groups in total. The second kappa shape index (κ2) is 5.86. The van der Waals surface area contributed by atoms with E-state index in [2.05, 4.69) is 18.8 Å². The molecule has 1 heterocycles. The van der Waals surface area contributed by atoms with Crippen molar-refractivity contribution in [2.45, 2.75) is 26.1 Å². The summed E-state index contributed by atoms with van der Waals surface area (Å²) in [5, 5.41) is 0. The largest absolute Gasteiger partial charge is 0.493 e. The number of rotatable bonds is 5. The summed E-state index contributed by atoms with van der Waals surface area (Å²) in [7, 11) is 0. The Bertz CT molecular complexity index is 276. The van der Waals surface area contributed by atoms with Crippen molar-refractivity contribution in [1.82, 2.24) is 4.98 Å². The fourth-order valence-electron chi connectivity index (χ4n) is 1.03. The van der Waals surface area contributed by atoms with Gasteiger partial charge in [0.1, 0.15) is 5.75 Å². The van der Waals surface area contributed by atoms with Crippen molar-refractivity contribution in [2.75, 3.05) is 6.61 Å². The SMILES string of the molecule is CC(C)CCOc1ccnc(CCl)c1. The molecule has 0 atom stereocenters. The number of halogens is 1. The summed E-state index contributed by atoms with van der Waals surface area (Å²) in [6.07, 6.45) is 2.79. The van der Waals surface area contributed by atoms with Gasteiger partial charge >= 0.3 is 0 Å². The number of pyridine rings is 1. The van der Waals surface area contributed by atoms with Crippen LogP contribution >= 0.6 is 11.6 Å². The minimum Gasteiger partial charge on any atom is -0.493 e. The summed E-state index contributed by atoms with van der Waals surface area (Å²) >= 11 is 5.67. The Balaban J connectivity index is 2.42. The van der Waals surface area contributed by atoms with Gasteiger partial charge in [0.2, 0.25) is 0 Å². The van der Waals surface area contributed by atoms with Gasteiger partial charge in [-0.05, 0) is 18.4 Å². The highest BCUT2D eigenvalue weighted by molar-refractivity contribution is 6.16. The van der Waals surface area contributed by atoms with Crippen molar-refractivity contribution in [3.05, 3.63) is 24.0 Å². The number of nitrogens with zero attached hydrogens (tertiary/aromatic N) is 1. The molecule has 0 aliphatic heterocycles. The van der Waals surface area contributed by atoms with E-state index >= 15 is 0 Å². The van der Waals surface area contributed by atoms with E-state index in [0.717, 1.165) is 24.5 Å². The third kappa shape index (κ3) is 3.97. The van der Waals surface area contributed by atoms with Crippen LogP contribution in [0.5, 0.6) is 5.75 Å². The highest BCUT2D eigenvalue weighted by Gasteiger charge is 1.98. The zero-order valence-corrected chi connectivity index (χ0v) is 9.42. The molecule has 0 aliphatic rings. The van der Waals surface area contributed by atoms with Gasteiger partial charge in [0.05, 0.1) is 18.2 Å². The van der Waals surface area contributed by atoms with Crippen LogP contribution in [0.1, 0.15) is 26.0 Å². The molecule has 2 nitrogen and oxygen atoms in total. The molecular formula is C11H16ClNO. The molecule has 0 saturated heterocycles. The molecule has 1 aromatic heterocycles. The molecule has 0 aromatic carbocycles. The Hall–Kier alpha value is -0.760. The van der Waals surface area contributed by atoms with E-state index in [1.807, 2.05) is 12.1 Å². The third-order valence-corrected chi connectivity index (χ3v) is 2.16. The van der Waals surface area contributed by atoms with Crippen LogP contribution < -0.4 is 4.74 Å². The first-order valence-corrected chi connectivity index (χ1v) is 5.39. The zero-order chi connectivity index (χ0) is 10.4. The van der Waals surface area contributed by atoms with Crippen molar-refractivity contribution >= 4 is 11.6 Å². The molecule has 3 heteroatoms. The van der Waals surface area contributed by atoms with E-state index < -0.39 is 0 Å². The highest BCUT2D eigenvalue weighted by Crippen LogP contribution is 2.13. The van der Waals surface area contributed by atoms with Gasteiger partial charge in [0.25, 0.3) is 0 Å². The van der Waals surface area contributed by atoms with Gasteiger partial charge in [0, 0.05) is 12.3 Å². The molecule has 0 bridgehead atoms. The van der Waals surface area contributed by atoms with Crippen LogP contribution in [0.3, 0.4) is 0 Å². The number of ether oxygens (including phenoxy) is 1. The van der Waals surface area contributed by atoms with E-state index in [1.165, 1.54) is 0 Å². The third-order valence-electron chi connectivity index (χ3n) is 1.89. The molecule has 1 aromatic rings. The topological polar surface area (TPSA) is 22.1 Å². The predicted molar refractivity (Wildman–Crippen MR) is 58.7 cm³/mol. The Labute approximate surface area is 90.3 Å². The maximum absolute atomic E-state index is 5.67. The molecule has 14 heavy (non-hydrogen) atoms. The lowest BCUT2D eigenvalue weighted by molar-refractivity contribution is 0.289. The summed E-state index contributed by atoms with van der Waals surface area (Å²) < 4.78 is 5.56. The minimum absolute atomic E-state index is 0.432. The van der Waals surface area contributed by atoms with Crippen molar-refractivity contribution in [2.24, 2.45) is 5.92 Å². The number of hydrogen-bond donors (Lipinski definition) is 0. The molecule has 1 rings (SSSR count). The van der Waals surface area contributed by atoms with Gasteiger partial charge in [-0.2, -0.15) is 0 Å². The number of hydrogen-bond acceptors (Lipinski definition) is 2. The lowest BCUT2D eigenvalue weighted by Crippen LogP contribution is -2.01. The quantitative estimate of drug-likeness (QED) is 0.701. The van der Waals surface area contributed by atoms with Gasteiger partial charge in [-0.25, -0.2) is 0 Å². The van der Waals surface area contributed by atoms with Crippen LogP contribution in [0.2, 0.25) is 0 Å². The Kier molecular flexibility index (Phi) is 4.74. The molecule has 0 saturated carbocycles. The van der Waals surface area contributed by atoms with Gasteiger partial charge in [0.15, 0.2) is 0 Å². The van der Waals surface area contributed by atoms with E-state index in [0.29, 0.717) is 11.8 Å². The minimum atomic E-state index is 0.432. The lowest BCUT2D eigenvalue weighted by Gasteiger charge is -2.08. The molecule has 0 amide bonds. The fraction of sp³-hybridized carbons (Fsp3) is 0.545. The first kappa shape index (κ1) is 11.3. The smallest absolute Gasteiger partial charge is 0.122 e. The zero-order valence-electron chi connectivity index (χ0n) is 8.66. The summed E-state index contributed by atoms with van der Waals surface area (Å²) in [4.78, 5) is 4.09. The first-order chi connectivity index (χ1) is 6.72. The van der Waals surface area contributed by atoms with E-state index in [1.54, 1.807) is 6.20 Å². The van der Waals surface area contributed by atoms with Crippen molar-refractivity contribution in [1.29, 1.82) is 0 Å². The van der Waals surface area contributed by atoms with Crippen LogP contribution in [-0.2, 0) is 5.88 Å². The van der Waals surface area contributed by atoms with Gasteiger partial charge in [-0.15, -0.1) is 11.6 Å². The van der Waals surface area contributed by atoms with Crippen LogP contribution in [0.4, 0.5) is 0 Å². The fourth-order valence-corrected chi connectivity index (χ4v) is 1.18. The molecule has 0 fully saturated rings. The summed E-state index contributed by atoms with van der Waals surface area (Å²) in [6, 6.07) is 3.74. The van der Waals surface area contributed by atoms with E-state index in [-0.39, 0.29) is 0 Å². The van der Waals surface area contributed by atoms with Crippen LogP contribution in [0, 0.1) is 5.92 Å². The Morgan fingerprint density at radius 3 is 2.93 bits per heavy atom. The maximum atomic E-state index is 5.67. The molecule has 0 unspecified atom stereocenters. The highest BCUT2D eigenvalue weighted by atomic mass is 35.5. The standard InChI is InChI=1S/C11H16ClNO/c1-9(2)4-6-14-11-3-5-13-10(7-11)8-12/h3,5,7,9H,4,6,8H2,1-2H3. The lowest BCUT2D eigenvalue weighted by atomic mass is 10.1. The van der Waals surface area contributed by atoms with Gasteiger partial charge < -0.3 is 4.74 Å². The monoisotopic (exact) mass is 213 g/mol. The van der Waals surface area contributed by atoms with Gasteiger partial charge in [-0.1, -0.05) is 13.8 Å². The first-order valence-electron chi connectivity index (χ1n) is 4.86. The van der Waals surface area contributed by atoms with Crippen molar-refractivity contribution < 1.29 is 4.74 Å². The molecule has 0 spiro atoms. The normalized spacial score (nSPS) is 10.6. The van der Waals surface area contributed by atoms with Crippen LogP contribution in [-0.4, -0.2) is 11.6 Å². The van der Waals surface area contributed by atoms with Crippen LogP contribution in [0.25, 0.3) is 0 Å². The number of aromatic nitrogens is 1. The number of alkyl halides is 1. The average Bonchev–Trinajstić information content (AvgIpc) is 2.18. The predicted octanol–water partition coefficient (Wildman–Crippen LogP) is 3.25. The summed E-state index contributed by atoms with van der Waals surface area (Å²) in [6.45, 7) is 5.11. The van der Waals surface area contributed by atoms with E-state index in [4.69, 9.17) is 16.3 Å². The van der Waals surface area contributed by atoms with Crippen molar-refractivity contribution in [3.63, 3.8) is 0 Å². The van der Waals surface area contributed by atoms with E-state index in [9.17, 15) is 0 Å². The second-order valence-electron chi connectivity index (χ2n) is 3.65. The maximum Gasteiger partial charge on any atom is 0.122 e. The van der Waals surface area contributed by atoms with Crippen LogP contribution in [0.15, 0.2) is 18.3 Å².